The molecular formula is C19H23NO4. The third kappa shape index (κ3) is 4.04. The number of nitrogens with zero attached hydrogens (tertiary/aromatic N) is 1. The summed E-state index contributed by atoms with van der Waals surface area (Å²) in [5.74, 6) is 0.992. The molecule has 1 aromatic carbocycles. The monoisotopic (exact) mass is 329 g/mol. The van der Waals surface area contributed by atoms with Gasteiger partial charge in [0.15, 0.2) is 0 Å². The number of ether oxygens (including phenoxy) is 1. The normalized spacial score (nSPS) is 20.8. The van der Waals surface area contributed by atoms with Crippen LogP contribution in [-0.4, -0.2) is 33.4 Å². The second-order valence-electron chi connectivity index (χ2n) is 6.40. The summed E-state index contributed by atoms with van der Waals surface area (Å²) < 4.78 is 7.32. The fourth-order valence-corrected chi connectivity index (χ4v) is 3.05. The van der Waals surface area contributed by atoms with Crippen molar-refractivity contribution in [2.24, 2.45) is 5.92 Å². The van der Waals surface area contributed by atoms with Crippen LogP contribution in [0.1, 0.15) is 41.6 Å². The van der Waals surface area contributed by atoms with E-state index in [4.69, 9.17) is 9.84 Å². The summed E-state index contributed by atoms with van der Waals surface area (Å²) >= 11 is 0. The molecule has 0 saturated heterocycles. The van der Waals surface area contributed by atoms with Gasteiger partial charge in [0.25, 0.3) is 5.91 Å². The summed E-state index contributed by atoms with van der Waals surface area (Å²) in [5.41, 5.74) is 1.25. The van der Waals surface area contributed by atoms with Gasteiger partial charge in [-0.1, -0.05) is 6.07 Å². The second kappa shape index (κ2) is 7.64. The number of carbonyl (C=O) groups is 1. The molecule has 0 unspecified atom stereocenters. The third-order valence-electron chi connectivity index (χ3n) is 4.55. The van der Waals surface area contributed by atoms with Crippen LogP contribution >= 0.6 is 0 Å². The molecule has 24 heavy (non-hydrogen) atoms. The molecule has 2 N–H and O–H groups in total. The van der Waals surface area contributed by atoms with E-state index in [0.717, 1.165) is 25.7 Å². The summed E-state index contributed by atoms with van der Waals surface area (Å²) in [6.07, 6.45) is 6.76. The third-order valence-corrected chi connectivity index (χ3v) is 4.55. The molecule has 1 saturated carbocycles. The van der Waals surface area contributed by atoms with Crippen LogP contribution in [0.15, 0.2) is 42.7 Å². The molecule has 5 nitrogen and oxygen atoms in total. The van der Waals surface area contributed by atoms with Crippen molar-refractivity contribution in [2.45, 2.75) is 38.4 Å². The number of rotatable bonds is 5. The van der Waals surface area contributed by atoms with Crippen molar-refractivity contribution in [3.05, 3.63) is 53.9 Å². The molecule has 0 atom stereocenters. The number of hydrogen-bond donors (Lipinski definition) is 2. The van der Waals surface area contributed by atoms with Crippen molar-refractivity contribution >= 4 is 5.91 Å². The lowest BCUT2D eigenvalue weighted by Gasteiger charge is -2.25. The van der Waals surface area contributed by atoms with Crippen LogP contribution in [0.2, 0.25) is 0 Å². The highest BCUT2D eigenvalue weighted by atomic mass is 16.5. The van der Waals surface area contributed by atoms with Crippen LogP contribution in [0.4, 0.5) is 0 Å². The minimum atomic E-state index is -0.160. The first-order valence-corrected chi connectivity index (χ1v) is 8.39. The fourth-order valence-electron chi connectivity index (χ4n) is 3.05. The second-order valence-corrected chi connectivity index (χ2v) is 6.40. The van der Waals surface area contributed by atoms with E-state index in [9.17, 15) is 9.90 Å². The first-order chi connectivity index (χ1) is 11.7. The van der Waals surface area contributed by atoms with Crippen molar-refractivity contribution < 1.29 is 19.7 Å². The number of aliphatic hydroxyl groups excluding tert-OH is 2. The highest BCUT2D eigenvalue weighted by Crippen LogP contribution is 2.25. The Hall–Kier alpha value is -2.11. The van der Waals surface area contributed by atoms with E-state index < -0.39 is 0 Å². The highest BCUT2D eigenvalue weighted by molar-refractivity contribution is 5.96. The lowest BCUT2D eigenvalue weighted by Crippen LogP contribution is -2.22. The lowest BCUT2D eigenvalue weighted by atomic mass is 9.88. The first kappa shape index (κ1) is 16.7. The standard InChI is InChI=1S/C19H23NO4/c21-12-15-8-9-20(11-15)19(23)16-2-1-3-18(10-16)24-13-14-4-6-17(22)7-5-14/h1-3,8-11,14,17,21-22H,4-7,12-13H2. The van der Waals surface area contributed by atoms with Gasteiger partial charge in [0.2, 0.25) is 0 Å². The number of aromatic nitrogens is 1. The Balaban J connectivity index is 1.62. The zero-order chi connectivity index (χ0) is 16.9. The van der Waals surface area contributed by atoms with E-state index in [2.05, 4.69) is 0 Å². The van der Waals surface area contributed by atoms with Gasteiger partial charge in [0, 0.05) is 18.0 Å². The van der Waals surface area contributed by atoms with Gasteiger partial charge < -0.3 is 14.9 Å². The summed E-state index contributed by atoms with van der Waals surface area (Å²) in [7, 11) is 0. The van der Waals surface area contributed by atoms with Gasteiger partial charge in [-0.2, -0.15) is 0 Å². The van der Waals surface area contributed by atoms with Crippen molar-refractivity contribution in [1.29, 1.82) is 0 Å². The largest absolute Gasteiger partial charge is 0.493 e. The average molecular weight is 329 g/mol. The van der Waals surface area contributed by atoms with E-state index in [1.807, 2.05) is 12.1 Å². The Morgan fingerprint density at radius 2 is 2.00 bits per heavy atom. The molecule has 1 fully saturated rings. The Kier molecular flexibility index (Phi) is 5.33. The number of carbonyl (C=O) groups excluding carboxylic acids is 1. The molecule has 5 heteroatoms. The van der Waals surface area contributed by atoms with Crippen molar-refractivity contribution in [1.82, 2.24) is 4.57 Å². The molecule has 0 amide bonds. The van der Waals surface area contributed by atoms with Crippen molar-refractivity contribution in [2.75, 3.05) is 6.61 Å². The predicted octanol–water partition coefficient (Wildman–Crippen LogP) is 2.60. The van der Waals surface area contributed by atoms with Gasteiger partial charge in [-0.3, -0.25) is 9.36 Å². The van der Waals surface area contributed by atoms with Crippen LogP contribution in [0.5, 0.6) is 5.75 Å². The minimum absolute atomic E-state index is 0.0838. The average Bonchev–Trinajstić information content (AvgIpc) is 3.10. The number of hydrogen-bond acceptors (Lipinski definition) is 4. The van der Waals surface area contributed by atoms with Gasteiger partial charge in [0.1, 0.15) is 5.75 Å². The molecule has 0 aliphatic heterocycles. The molecule has 0 radical (unpaired) electrons. The highest BCUT2D eigenvalue weighted by Gasteiger charge is 2.20. The maximum atomic E-state index is 12.5. The predicted molar refractivity (Wildman–Crippen MR) is 90.0 cm³/mol. The van der Waals surface area contributed by atoms with Crippen molar-refractivity contribution in [3.8, 4) is 5.75 Å². The maximum absolute atomic E-state index is 12.5. The van der Waals surface area contributed by atoms with Crippen LogP contribution < -0.4 is 4.74 Å². The number of aliphatic hydroxyl groups is 2. The quantitative estimate of drug-likeness (QED) is 0.884. The Morgan fingerprint density at radius 1 is 1.21 bits per heavy atom. The molecule has 3 rings (SSSR count). The fraction of sp³-hybridized carbons (Fsp3) is 0.421. The first-order valence-electron chi connectivity index (χ1n) is 8.39. The summed E-state index contributed by atoms with van der Waals surface area (Å²) in [6, 6.07) is 8.88. The summed E-state index contributed by atoms with van der Waals surface area (Å²) in [5, 5.41) is 18.6. The van der Waals surface area contributed by atoms with Crippen LogP contribution in [0.25, 0.3) is 0 Å². The zero-order valence-electron chi connectivity index (χ0n) is 13.6. The van der Waals surface area contributed by atoms with E-state index in [1.165, 1.54) is 4.57 Å². The molecular weight excluding hydrogens is 306 g/mol. The summed E-state index contributed by atoms with van der Waals surface area (Å²) in [4.78, 5) is 12.5. The van der Waals surface area contributed by atoms with Gasteiger partial charge >= 0.3 is 0 Å². The molecule has 1 heterocycles. The van der Waals surface area contributed by atoms with Crippen LogP contribution in [0, 0.1) is 5.92 Å². The molecule has 1 aliphatic carbocycles. The summed E-state index contributed by atoms with van der Waals surface area (Å²) in [6.45, 7) is 0.530. The molecule has 2 aromatic rings. The molecule has 1 aliphatic rings. The Bertz CT molecular complexity index is 686. The van der Waals surface area contributed by atoms with E-state index in [0.29, 0.717) is 29.4 Å². The van der Waals surface area contributed by atoms with E-state index in [-0.39, 0.29) is 18.6 Å². The van der Waals surface area contributed by atoms with Gasteiger partial charge in [-0.15, -0.1) is 0 Å². The topological polar surface area (TPSA) is 71.7 Å². The van der Waals surface area contributed by atoms with Gasteiger partial charge in [0.05, 0.1) is 19.3 Å². The molecule has 128 valence electrons. The van der Waals surface area contributed by atoms with E-state index in [1.54, 1.807) is 30.6 Å². The Labute approximate surface area is 141 Å². The van der Waals surface area contributed by atoms with E-state index >= 15 is 0 Å². The lowest BCUT2D eigenvalue weighted by molar-refractivity contribution is 0.0913. The van der Waals surface area contributed by atoms with Gasteiger partial charge in [-0.25, -0.2) is 0 Å². The van der Waals surface area contributed by atoms with Gasteiger partial charge in [-0.05, 0) is 61.4 Å². The van der Waals surface area contributed by atoms with Crippen LogP contribution in [0.3, 0.4) is 0 Å². The maximum Gasteiger partial charge on any atom is 0.261 e. The number of benzene rings is 1. The molecule has 1 aromatic heterocycles. The van der Waals surface area contributed by atoms with Crippen molar-refractivity contribution in [3.63, 3.8) is 0 Å². The minimum Gasteiger partial charge on any atom is -0.493 e. The molecule has 0 spiro atoms. The molecule has 0 bridgehead atoms. The SMILES string of the molecule is O=C(c1cccc(OCC2CCC(O)CC2)c1)n1ccc(CO)c1. The van der Waals surface area contributed by atoms with Crippen LogP contribution in [-0.2, 0) is 6.61 Å². The zero-order valence-corrected chi connectivity index (χ0v) is 13.6. The smallest absolute Gasteiger partial charge is 0.261 e. The Morgan fingerprint density at radius 3 is 2.71 bits per heavy atom.